The lowest BCUT2D eigenvalue weighted by Gasteiger charge is -2.12. The van der Waals surface area contributed by atoms with E-state index in [1.165, 1.54) is 12.1 Å². The Labute approximate surface area is 148 Å². The molecule has 0 saturated carbocycles. The summed E-state index contributed by atoms with van der Waals surface area (Å²) >= 11 is 0. The van der Waals surface area contributed by atoms with Crippen LogP contribution in [0.25, 0.3) is 10.9 Å². The number of imide groups is 1. The smallest absolute Gasteiger partial charge is 0.337 e. The summed E-state index contributed by atoms with van der Waals surface area (Å²) in [5.41, 5.74) is 1.96. The van der Waals surface area contributed by atoms with Crippen LogP contribution in [0.5, 0.6) is 5.75 Å². The van der Waals surface area contributed by atoms with Gasteiger partial charge in [-0.05, 0) is 29.8 Å². The first-order valence-corrected chi connectivity index (χ1v) is 7.91. The van der Waals surface area contributed by atoms with Crippen LogP contribution >= 0.6 is 0 Å². The van der Waals surface area contributed by atoms with Gasteiger partial charge in [0, 0.05) is 23.2 Å². The molecule has 0 spiro atoms. The number of carbonyl (C=O) groups excluding carboxylic acids is 3. The molecule has 4 rings (SSSR count). The van der Waals surface area contributed by atoms with Crippen LogP contribution in [0.15, 0.2) is 48.7 Å². The summed E-state index contributed by atoms with van der Waals surface area (Å²) in [6.45, 7) is 0. The molecular formula is C19H14N2O5. The third-order valence-electron chi connectivity index (χ3n) is 4.26. The molecular weight excluding hydrogens is 336 g/mol. The van der Waals surface area contributed by atoms with Gasteiger partial charge in [0.1, 0.15) is 5.75 Å². The molecule has 26 heavy (non-hydrogen) atoms. The van der Waals surface area contributed by atoms with E-state index in [-0.39, 0.29) is 17.5 Å². The van der Waals surface area contributed by atoms with E-state index in [2.05, 4.69) is 4.98 Å². The van der Waals surface area contributed by atoms with Gasteiger partial charge in [-0.3, -0.25) is 9.59 Å². The lowest BCUT2D eigenvalue weighted by atomic mass is 10.1. The van der Waals surface area contributed by atoms with E-state index < -0.39 is 17.8 Å². The summed E-state index contributed by atoms with van der Waals surface area (Å²) < 4.78 is 5.16. The van der Waals surface area contributed by atoms with Gasteiger partial charge in [-0.25, -0.2) is 4.79 Å². The van der Waals surface area contributed by atoms with Crippen LogP contribution < -0.4 is 4.74 Å². The van der Waals surface area contributed by atoms with Crippen molar-refractivity contribution < 1.29 is 24.0 Å². The number of rotatable bonds is 4. The van der Waals surface area contributed by atoms with E-state index in [9.17, 15) is 14.4 Å². The molecule has 1 aliphatic heterocycles. The molecule has 0 aliphatic carbocycles. The highest BCUT2D eigenvalue weighted by molar-refractivity contribution is 6.20. The number of aromatic nitrogens is 1. The minimum absolute atomic E-state index is 0.0836. The van der Waals surface area contributed by atoms with Crippen LogP contribution in [0.2, 0.25) is 0 Å². The fraction of sp³-hybridized carbons (Fsp3) is 0.105. The van der Waals surface area contributed by atoms with Crippen molar-refractivity contribution in [2.45, 2.75) is 6.42 Å². The number of H-pyrrole nitrogens is 1. The Bertz CT molecular complexity index is 1020. The standard InChI is InChI=1S/C19H14N2O5/c1-25-12-6-7-13-11(10-20-16(13)9-12)8-17(22)26-21-18(23)14-4-2-3-5-15(14)19(21)24/h2-7,9-10,20H,8H2,1H3. The van der Waals surface area contributed by atoms with E-state index in [4.69, 9.17) is 9.57 Å². The second-order valence-electron chi connectivity index (χ2n) is 5.82. The van der Waals surface area contributed by atoms with E-state index in [0.717, 1.165) is 10.9 Å². The Morgan fingerprint density at radius 3 is 2.42 bits per heavy atom. The van der Waals surface area contributed by atoms with Crippen LogP contribution in [-0.2, 0) is 16.1 Å². The number of nitrogens with zero attached hydrogens (tertiary/aromatic N) is 1. The zero-order valence-electron chi connectivity index (χ0n) is 13.8. The summed E-state index contributed by atoms with van der Waals surface area (Å²) in [4.78, 5) is 44.8. The minimum atomic E-state index is -0.698. The van der Waals surface area contributed by atoms with Crippen LogP contribution in [0.3, 0.4) is 0 Å². The van der Waals surface area contributed by atoms with E-state index in [1.807, 2.05) is 12.1 Å². The predicted octanol–water partition coefficient (Wildman–Crippen LogP) is 2.47. The highest BCUT2D eigenvalue weighted by atomic mass is 16.7. The van der Waals surface area contributed by atoms with Crippen molar-refractivity contribution in [1.29, 1.82) is 0 Å². The average molecular weight is 350 g/mol. The number of fused-ring (bicyclic) bond motifs is 2. The number of ether oxygens (including phenoxy) is 1. The Balaban J connectivity index is 1.52. The summed E-state index contributed by atoms with van der Waals surface area (Å²) in [6.07, 6.45) is 1.60. The third kappa shape index (κ3) is 2.50. The second kappa shape index (κ2) is 6.03. The van der Waals surface area contributed by atoms with E-state index in [0.29, 0.717) is 16.4 Å². The van der Waals surface area contributed by atoms with Crippen molar-refractivity contribution >= 4 is 28.7 Å². The van der Waals surface area contributed by atoms with Crippen LogP contribution in [-0.4, -0.2) is 34.9 Å². The molecule has 0 fully saturated rings. The maximum Gasteiger partial charge on any atom is 0.337 e. The number of amides is 2. The number of benzene rings is 2. The van der Waals surface area contributed by atoms with Crippen molar-refractivity contribution in [3.63, 3.8) is 0 Å². The maximum absolute atomic E-state index is 12.3. The molecule has 1 aliphatic rings. The molecule has 0 radical (unpaired) electrons. The van der Waals surface area contributed by atoms with Gasteiger partial charge in [-0.15, -0.1) is 0 Å². The van der Waals surface area contributed by atoms with E-state index >= 15 is 0 Å². The summed E-state index contributed by atoms with van der Waals surface area (Å²) in [6, 6.07) is 11.8. The van der Waals surface area contributed by atoms with Crippen molar-refractivity contribution in [3.8, 4) is 5.75 Å². The molecule has 2 amide bonds. The monoisotopic (exact) mass is 350 g/mol. The van der Waals surface area contributed by atoms with Gasteiger partial charge in [-0.2, -0.15) is 0 Å². The predicted molar refractivity (Wildman–Crippen MR) is 91.6 cm³/mol. The molecule has 0 unspecified atom stereocenters. The molecule has 1 N–H and O–H groups in total. The van der Waals surface area contributed by atoms with E-state index in [1.54, 1.807) is 31.5 Å². The first-order valence-electron chi connectivity index (χ1n) is 7.91. The van der Waals surface area contributed by atoms with Crippen LogP contribution in [0, 0.1) is 0 Å². The average Bonchev–Trinajstić information content (AvgIpc) is 3.16. The zero-order chi connectivity index (χ0) is 18.3. The Morgan fingerprint density at radius 1 is 1.08 bits per heavy atom. The van der Waals surface area contributed by atoms with Gasteiger partial charge in [0.15, 0.2) is 0 Å². The molecule has 1 aromatic heterocycles. The molecule has 2 heterocycles. The molecule has 7 nitrogen and oxygen atoms in total. The van der Waals surface area contributed by atoms with Gasteiger partial charge in [-0.1, -0.05) is 17.2 Å². The second-order valence-corrected chi connectivity index (χ2v) is 5.82. The van der Waals surface area contributed by atoms with Crippen LogP contribution in [0.1, 0.15) is 26.3 Å². The maximum atomic E-state index is 12.3. The third-order valence-corrected chi connectivity index (χ3v) is 4.26. The number of carbonyl (C=O) groups is 3. The van der Waals surface area contributed by atoms with Gasteiger partial charge < -0.3 is 14.6 Å². The highest BCUT2D eigenvalue weighted by Crippen LogP contribution is 2.25. The number of hydrogen-bond acceptors (Lipinski definition) is 5. The fourth-order valence-electron chi connectivity index (χ4n) is 2.98. The Morgan fingerprint density at radius 2 is 1.77 bits per heavy atom. The quantitative estimate of drug-likeness (QED) is 0.730. The summed E-state index contributed by atoms with van der Waals surface area (Å²) in [5.74, 6) is -1.28. The van der Waals surface area contributed by atoms with Gasteiger partial charge in [0.05, 0.1) is 24.7 Å². The van der Waals surface area contributed by atoms with Crippen molar-refractivity contribution in [2.75, 3.05) is 7.11 Å². The summed E-state index contributed by atoms with van der Waals surface area (Å²) in [7, 11) is 1.57. The van der Waals surface area contributed by atoms with Crippen molar-refractivity contribution in [1.82, 2.24) is 10.0 Å². The lowest BCUT2D eigenvalue weighted by Crippen LogP contribution is -2.33. The van der Waals surface area contributed by atoms with Crippen LogP contribution in [0.4, 0.5) is 0 Å². The SMILES string of the molecule is COc1ccc2c(CC(=O)ON3C(=O)c4ccccc4C3=O)c[nH]c2c1. The number of methoxy groups -OCH3 is 1. The Hall–Kier alpha value is -3.61. The summed E-state index contributed by atoms with van der Waals surface area (Å²) in [5, 5.41) is 1.36. The zero-order valence-corrected chi connectivity index (χ0v) is 13.8. The molecule has 0 atom stereocenters. The Kier molecular flexibility index (Phi) is 3.69. The van der Waals surface area contributed by atoms with Gasteiger partial charge in [0.2, 0.25) is 0 Å². The van der Waals surface area contributed by atoms with Gasteiger partial charge >= 0.3 is 5.97 Å². The molecule has 3 aromatic rings. The molecule has 0 saturated heterocycles. The number of nitrogens with one attached hydrogen (secondary N) is 1. The molecule has 0 bridgehead atoms. The number of hydrogen-bond donors (Lipinski definition) is 1. The lowest BCUT2D eigenvalue weighted by molar-refractivity contribution is -0.167. The van der Waals surface area contributed by atoms with Crippen molar-refractivity contribution in [3.05, 3.63) is 65.4 Å². The topological polar surface area (TPSA) is 88.7 Å². The highest BCUT2D eigenvalue weighted by Gasteiger charge is 2.38. The fourth-order valence-corrected chi connectivity index (χ4v) is 2.98. The molecule has 2 aromatic carbocycles. The largest absolute Gasteiger partial charge is 0.497 e. The van der Waals surface area contributed by atoms with Gasteiger partial charge in [0.25, 0.3) is 11.8 Å². The molecule has 130 valence electrons. The minimum Gasteiger partial charge on any atom is -0.497 e. The molecule has 7 heteroatoms. The first-order chi connectivity index (χ1) is 12.6. The first kappa shape index (κ1) is 15.9. The number of aromatic amines is 1. The number of hydroxylamine groups is 2. The normalized spacial score (nSPS) is 13.2. The van der Waals surface area contributed by atoms with Crippen molar-refractivity contribution in [2.24, 2.45) is 0 Å².